The van der Waals surface area contributed by atoms with E-state index in [4.69, 9.17) is 4.74 Å². The maximum Gasteiger partial charge on any atom is 0.228 e. The molecule has 0 fully saturated rings. The molecule has 2 N–H and O–H groups in total. The van der Waals surface area contributed by atoms with Crippen LogP contribution in [-0.2, 0) is 22.4 Å². The fourth-order valence-corrected chi connectivity index (χ4v) is 4.16. The number of ether oxygens (including phenoxy) is 1. The van der Waals surface area contributed by atoms with E-state index >= 15 is 0 Å². The second kappa shape index (κ2) is 8.31. The molecule has 1 aromatic carbocycles. The first-order valence-corrected chi connectivity index (χ1v) is 9.56. The number of nitrogens with zero attached hydrogens (tertiary/aromatic N) is 1. The Balaban J connectivity index is 1.68. The van der Waals surface area contributed by atoms with E-state index in [-0.39, 0.29) is 18.2 Å². The minimum Gasteiger partial charge on any atom is -0.497 e. The van der Waals surface area contributed by atoms with Crippen molar-refractivity contribution in [3.8, 4) is 5.75 Å². The van der Waals surface area contributed by atoms with Crippen molar-refractivity contribution in [2.45, 2.75) is 45.1 Å². The van der Waals surface area contributed by atoms with Gasteiger partial charge < -0.3 is 15.4 Å². The van der Waals surface area contributed by atoms with Gasteiger partial charge in [-0.05, 0) is 43.4 Å². The zero-order valence-electron chi connectivity index (χ0n) is 15.0. The van der Waals surface area contributed by atoms with Crippen LogP contribution in [0.1, 0.15) is 48.4 Å². The number of hydrogen-bond donors (Lipinski definition) is 2. The number of hydrogen-bond acceptors (Lipinski definition) is 5. The van der Waals surface area contributed by atoms with Gasteiger partial charge in [-0.2, -0.15) is 0 Å². The van der Waals surface area contributed by atoms with Gasteiger partial charge >= 0.3 is 0 Å². The zero-order chi connectivity index (χ0) is 18.5. The summed E-state index contributed by atoms with van der Waals surface area (Å²) in [6.45, 7) is 1.45. The Morgan fingerprint density at radius 2 is 1.96 bits per heavy atom. The fourth-order valence-electron chi connectivity index (χ4n) is 3.09. The number of aromatic nitrogens is 1. The predicted octanol–water partition coefficient (Wildman–Crippen LogP) is 3.24. The Bertz CT molecular complexity index is 762. The lowest BCUT2D eigenvalue weighted by atomic mass is 10.0. The van der Waals surface area contributed by atoms with Crippen molar-refractivity contribution >= 4 is 28.3 Å². The van der Waals surface area contributed by atoms with E-state index in [1.807, 2.05) is 24.3 Å². The Hall–Kier alpha value is -2.41. The first-order valence-electron chi connectivity index (χ1n) is 8.74. The number of fused-ring (bicyclic) bond motifs is 1. The molecule has 1 unspecified atom stereocenters. The summed E-state index contributed by atoms with van der Waals surface area (Å²) in [6, 6.07) is 6.95. The molecule has 0 spiro atoms. The third kappa shape index (κ3) is 4.60. The number of methoxy groups -OCH3 is 1. The van der Waals surface area contributed by atoms with Gasteiger partial charge in [0.05, 0.1) is 25.3 Å². The SMILES string of the molecule is COc1ccc(C(CC(=O)Nc2nc3c(s2)CCCC3)NC(C)=O)cc1. The molecular weight excluding hydrogens is 350 g/mol. The van der Waals surface area contributed by atoms with E-state index in [9.17, 15) is 9.59 Å². The smallest absolute Gasteiger partial charge is 0.228 e. The summed E-state index contributed by atoms with van der Waals surface area (Å²) in [5.74, 6) is 0.391. The molecular formula is C19H23N3O3S. The maximum absolute atomic E-state index is 12.5. The zero-order valence-corrected chi connectivity index (χ0v) is 15.8. The second-order valence-electron chi connectivity index (χ2n) is 6.37. The minimum absolute atomic E-state index is 0.149. The summed E-state index contributed by atoms with van der Waals surface area (Å²) < 4.78 is 5.16. The number of benzene rings is 1. The van der Waals surface area contributed by atoms with Gasteiger partial charge in [0.2, 0.25) is 11.8 Å². The molecule has 2 amide bonds. The lowest BCUT2D eigenvalue weighted by molar-refractivity contribution is -0.120. The van der Waals surface area contributed by atoms with Crippen LogP contribution in [0.25, 0.3) is 0 Å². The largest absolute Gasteiger partial charge is 0.497 e. The highest BCUT2D eigenvalue weighted by molar-refractivity contribution is 7.15. The van der Waals surface area contributed by atoms with Gasteiger partial charge in [0.15, 0.2) is 5.13 Å². The minimum atomic E-state index is -0.395. The highest BCUT2D eigenvalue weighted by Crippen LogP contribution is 2.30. The van der Waals surface area contributed by atoms with E-state index in [0.29, 0.717) is 5.13 Å². The number of nitrogens with one attached hydrogen (secondary N) is 2. The standard InChI is InChI=1S/C19H23N3O3S/c1-12(23)20-16(13-7-9-14(25-2)10-8-13)11-18(24)22-19-21-15-5-3-4-6-17(15)26-19/h7-10,16H,3-6,11H2,1-2H3,(H,20,23)(H,21,22,24). The summed E-state index contributed by atoms with van der Waals surface area (Å²) in [5.41, 5.74) is 1.97. The highest BCUT2D eigenvalue weighted by atomic mass is 32.1. The van der Waals surface area contributed by atoms with Crippen LogP contribution in [0.15, 0.2) is 24.3 Å². The number of rotatable bonds is 6. The van der Waals surface area contributed by atoms with Crippen LogP contribution in [0.4, 0.5) is 5.13 Å². The highest BCUT2D eigenvalue weighted by Gasteiger charge is 2.20. The quantitative estimate of drug-likeness (QED) is 0.815. The average molecular weight is 373 g/mol. The molecule has 0 aliphatic heterocycles. The van der Waals surface area contributed by atoms with Crippen molar-refractivity contribution in [2.75, 3.05) is 12.4 Å². The van der Waals surface area contributed by atoms with Crippen molar-refractivity contribution in [3.63, 3.8) is 0 Å². The third-order valence-corrected chi connectivity index (χ3v) is 5.45. The van der Waals surface area contributed by atoms with Crippen molar-refractivity contribution < 1.29 is 14.3 Å². The molecule has 7 heteroatoms. The topological polar surface area (TPSA) is 80.3 Å². The molecule has 1 aromatic heterocycles. The average Bonchev–Trinajstić information content (AvgIpc) is 3.03. The molecule has 0 saturated heterocycles. The molecule has 0 saturated carbocycles. The van der Waals surface area contributed by atoms with Gasteiger partial charge in [0, 0.05) is 11.8 Å². The van der Waals surface area contributed by atoms with Crippen LogP contribution in [-0.4, -0.2) is 23.9 Å². The third-order valence-electron chi connectivity index (χ3n) is 4.38. The number of carbonyl (C=O) groups is 2. The summed E-state index contributed by atoms with van der Waals surface area (Å²) in [7, 11) is 1.60. The monoisotopic (exact) mass is 373 g/mol. The Labute approximate surface area is 157 Å². The van der Waals surface area contributed by atoms with Crippen LogP contribution in [0.5, 0.6) is 5.75 Å². The number of aryl methyl sites for hydroxylation is 2. The lowest BCUT2D eigenvalue weighted by Gasteiger charge is -2.18. The Morgan fingerprint density at radius 3 is 2.62 bits per heavy atom. The normalized spacial score (nSPS) is 14.2. The summed E-state index contributed by atoms with van der Waals surface area (Å²) in [6.07, 6.45) is 4.53. The van der Waals surface area contributed by atoms with Crippen molar-refractivity contribution in [1.82, 2.24) is 10.3 Å². The number of anilines is 1. The van der Waals surface area contributed by atoms with Crippen LogP contribution in [0.3, 0.4) is 0 Å². The van der Waals surface area contributed by atoms with E-state index in [1.165, 1.54) is 18.2 Å². The van der Waals surface area contributed by atoms with E-state index in [0.717, 1.165) is 36.3 Å². The van der Waals surface area contributed by atoms with Crippen LogP contribution in [0, 0.1) is 0 Å². The van der Waals surface area contributed by atoms with Gasteiger partial charge in [-0.3, -0.25) is 9.59 Å². The number of thiazole rings is 1. The Morgan fingerprint density at radius 1 is 1.23 bits per heavy atom. The molecule has 6 nitrogen and oxygen atoms in total. The van der Waals surface area contributed by atoms with Gasteiger partial charge in [-0.15, -0.1) is 11.3 Å². The fraction of sp³-hybridized carbons (Fsp3) is 0.421. The summed E-state index contributed by atoms with van der Waals surface area (Å²) in [5, 5.41) is 6.38. The second-order valence-corrected chi connectivity index (χ2v) is 7.46. The molecule has 138 valence electrons. The number of carbonyl (C=O) groups excluding carboxylic acids is 2. The molecule has 3 rings (SSSR count). The van der Waals surface area contributed by atoms with Gasteiger partial charge in [0.25, 0.3) is 0 Å². The molecule has 1 atom stereocenters. The number of amides is 2. The summed E-state index contributed by atoms with van der Waals surface area (Å²) in [4.78, 5) is 29.9. The van der Waals surface area contributed by atoms with E-state index in [1.54, 1.807) is 18.4 Å². The lowest BCUT2D eigenvalue weighted by Crippen LogP contribution is -2.29. The maximum atomic E-state index is 12.5. The molecule has 0 bridgehead atoms. The van der Waals surface area contributed by atoms with Crippen LogP contribution in [0.2, 0.25) is 0 Å². The Kier molecular flexibility index (Phi) is 5.88. The predicted molar refractivity (Wildman–Crippen MR) is 102 cm³/mol. The van der Waals surface area contributed by atoms with Crippen LogP contribution < -0.4 is 15.4 Å². The van der Waals surface area contributed by atoms with Gasteiger partial charge in [-0.1, -0.05) is 12.1 Å². The van der Waals surface area contributed by atoms with Gasteiger partial charge in [-0.25, -0.2) is 4.98 Å². The molecule has 2 aromatic rings. The van der Waals surface area contributed by atoms with Crippen molar-refractivity contribution in [3.05, 3.63) is 40.4 Å². The first kappa shape index (κ1) is 18.4. The molecule has 26 heavy (non-hydrogen) atoms. The van der Waals surface area contributed by atoms with Crippen LogP contribution >= 0.6 is 11.3 Å². The van der Waals surface area contributed by atoms with E-state index in [2.05, 4.69) is 15.6 Å². The van der Waals surface area contributed by atoms with Gasteiger partial charge in [0.1, 0.15) is 5.75 Å². The van der Waals surface area contributed by atoms with Crippen molar-refractivity contribution in [1.29, 1.82) is 0 Å². The first-order chi connectivity index (χ1) is 12.5. The molecule has 0 radical (unpaired) electrons. The molecule has 1 aliphatic rings. The van der Waals surface area contributed by atoms with E-state index < -0.39 is 6.04 Å². The molecule has 1 aliphatic carbocycles. The van der Waals surface area contributed by atoms with Crippen molar-refractivity contribution in [2.24, 2.45) is 0 Å². The summed E-state index contributed by atoms with van der Waals surface area (Å²) >= 11 is 1.56. The molecule has 1 heterocycles.